The fourth-order valence-corrected chi connectivity index (χ4v) is 2.74. The maximum Gasteiger partial charge on any atom is 0.311 e. The zero-order valence-corrected chi connectivity index (χ0v) is 12.4. The Morgan fingerprint density at radius 2 is 1.81 bits per heavy atom. The van der Waals surface area contributed by atoms with E-state index in [9.17, 15) is 14.7 Å². The third-order valence-electron chi connectivity index (χ3n) is 4.20. The fraction of sp³-hybridized carbons (Fsp3) is 0.500. The predicted octanol–water partition coefficient (Wildman–Crippen LogP) is 1.91. The minimum atomic E-state index is -0.912. The van der Waals surface area contributed by atoms with E-state index < -0.39 is 11.4 Å². The molecule has 1 aliphatic heterocycles. The summed E-state index contributed by atoms with van der Waals surface area (Å²) in [5.74, 6) is -1.08. The average Bonchev–Trinajstić information content (AvgIpc) is 2.46. The lowest BCUT2D eigenvalue weighted by molar-refractivity contribution is -0.154. The second kappa shape index (κ2) is 6.26. The number of hydrogen-bond donors (Lipinski definition) is 2. The number of benzene rings is 1. The fourth-order valence-electron chi connectivity index (χ4n) is 2.74. The van der Waals surface area contributed by atoms with E-state index in [0.29, 0.717) is 31.6 Å². The van der Waals surface area contributed by atoms with Crippen LogP contribution in [0, 0.1) is 19.3 Å². The molecule has 1 saturated heterocycles. The molecule has 1 aromatic rings. The first kappa shape index (κ1) is 15.5. The van der Waals surface area contributed by atoms with Crippen molar-refractivity contribution in [3.63, 3.8) is 0 Å². The van der Waals surface area contributed by atoms with Gasteiger partial charge in [-0.1, -0.05) is 18.2 Å². The molecule has 1 fully saturated rings. The average molecular weight is 291 g/mol. The van der Waals surface area contributed by atoms with Crippen LogP contribution in [-0.2, 0) is 9.53 Å². The molecule has 0 spiro atoms. The minimum Gasteiger partial charge on any atom is -0.481 e. The van der Waals surface area contributed by atoms with Gasteiger partial charge < -0.3 is 15.2 Å². The highest BCUT2D eigenvalue weighted by Crippen LogP contribution is 2.30. The van der Waals surface area contributed by atoms with E-state index in [1.54, 1.807) is 0 Å². The first-order chi connectivity index (χ1) is 9.96. The molecule has 0 bridgehead atoms. The molecule has 1 aromatic carbocycles. The SMILES string of the molecule is Cc1cccc(C)c1C(=O)NCC1(C(=O)O)CCOCC1. The number of ether oxygens (including phenoxy) is 1. The van der Waals surface area contributed by atoms with Crippen LogP contribution in [0.4, 0.5) is 0 Å². The number of hydrogen-bond acceptors (Lipinski definition) is 3. The van der Waals surface area contributed by atoms with Crippen molar-refractivity contribution >= 4 is 11.9 Å². The number of carbonyl (C=O) groups excluding carboxylic acids is 1. The number of carbonyl (C=O) groups is 2. The Morgan fingerprint density at radius 1 is 1.24 bits per heavy atom. The van der Waals surface area contributed by atoms with E-state index in [1.807, 2.05) is 32.0 Å². The molecule has 114 valence electrons. The summed E-state index contributed by atoms with van der Waals surface area (Å²) in [4.78, 5) is 23.9. The lowest BCUT2D eigenvalue weighted by Crippen LogP contribution is -2.46. The number of aliphatic carboxylic acids is 1. The molecule has 0 unspecified atom stereocenters. The Hall–Kier alpha value is -1.88. The van der Waals surface area contributed by atoms with E-state index >= 15 is 0 Å². The predicted molar refractivity (Wildman–Crippen MR) is 78.4 cm³/mol. The van der Waals surface area contributed by atoms with Gasteiger partial charge in [0, 0.05) is 25.3 Å². The molecule has 0 atom stereocenters. The van der Waals surface area contributed by atoms with Gasteiger partial charge in [-0.25, -0.2) is 0 Å². The number of aryl methyl sites for hydroxylation is 2. The summed E-state index contributed by atoms with van der Waals surface area (Å²) in [7, 11) is 0. The molecule has 1 amide bonds. The molecular formula is C16H21NO4. The Kier molecular flexibility index (Phi) is 4.63. The standard InChI is InChI=1S/C16H21NO4/c1-11-4-3-5-12(2)13(11)14(18)17-10-16(15(19)20)6-8-21-9-7-16/h3-5H,6-10H2,1-2H3,(H,17,18)(H,19,20). The van der Waals surface area contributed by atoms with Gasteiger partial charge in [-0.15, -0.1) is 0 Å². The van der Waals surface area contributed by atoms with Crippen molar-refractivity contribution in [2.75, 3.05) is 19.8 Å². The largest absolute Gasteiger partial charge is 0.481 e. The van der Waals surface area contributed by atoms with E-state index in [-0.39, 0.29) is 12.5 Å². The highest BCUT2D eigenvalue weighted by molar-refractivity contribution is 5.97. The molecular weight excluding hydrogens is 270 g/mol. The van der Waals surface area contributed by atoms with Crippen LogP contribution in [-0.4, -0.2) is 36.7 Å². The molecule has 1 aliphatic rings. The molecule has 5 nitrogen and oxygen atoms in total. The number of carboxylic acid groups (broad SMARTS) is 1. The van der Waals surface area contributed by atoms with Gasteiger partial charge in [0.2, 0.25) is 0 Å². The van der Waals surface area contributed by atoms with Crippen LogP contribution in [0.5, 0.6) is 0 Å². The number of rotatable bonds is 4. The lowest BCUT2D eigenvalue weighted by atomic mass is 9.80. The quantitative estimate of drug-likeness (QED) is 0.888. The normalized spacial score (nSPS) is 17.2. The third kappa shape index (κ3) is 3.24. The van der Waals surface area contributed by atoms with Gasteiger partial charge in [0.25, 0.3) is 5.91 Å². The summed E-state index contributed by atoms with van der Waals surface area (Å²) < 4.78 is 5.23. The Morgan fingerprint density at radius 3 is 2.33 bits per heavy atom. The molecule has 21 heavy (non-hydrogen) atoms. The lowest BCUT2D eigenvalue weighted by Gasteiger charge is -2.33. The van der Waals surface area contributed by atoms with Gasteiger partial charge >= 0.3 is 5.97 Å². The summed E-state index contributed by atoms with van der Waals surface area (Å²) in [5.41, 5.74) is 1.50. The summed E-state index contributed by atoms with van der Waals surface area (Å²) in [6.45, 7) is 4.74. The van der Waals surface area contributed by atoms with Gasteiger partial charge in [0.05, 0.1) is 5.41 Å². The molecule has 0 aliphatic carbocycles. The van der Waals surface area contributed by atoms with Crippen molar-refractivity contribution in [2.24, 2.45) is 5.41 Å². The van der Waals surface area contributed by atoms with Crippen LogP contribution in [0.2, 0.25) is 0 Å². The van der Waals surface area contributed by atoms with Crippen LogP contribution in [0.3, 0.4) is 0 Å². The summed E-state index contributed by atoms with van der Waals surface area (Å²) in [5, 5.41) is 12.3. The zero-order chi connectivity index (χ0) is 15.5. The molecule has 0 saturated carbocycles. The van der Waals surface area contributed by atoms with E-state index in [0.717, 1.165) is 11.1 Å². The zero-order valence-electron chi connectivity index (χ0n) is 12.4. The highest BCUT2D eigenvalue weighted by atomic mass is 16.5. The Labute approximate surface area is 124 Å². The minimum absolute atomic E-state index is 0.137. The first-order valence-corrected chi connectivity index (χ1v) is 7.12. The Bertz CT molecular complexity index is 527. The van der Waals surface area contributed by atoms with Crippen LogP contribution in [0.25, 0.3) is 0 Å². The van der Waals surface area contributed by atoms with Crippen LogP contribution >= 0.6 is 0 Å². The molecule has 1 heterocycles. The topological polar surface area (TPSA) is 75.6 Å². The molecule has 2 rings (SSSR count). The molecule has 0 radical (unpaired) electrons. The van der Waals surface area contributed by atoms with Gasteiger partial charge in [-0.2, -0.15) is 0 Å². The van der Waals surface area contributed by atoms with Crippen LogP contribution < -0.4 is 5.32 Å². The van der Waals surface area contributed by atoms with Gasteiger partial charge in [-0.05, 0) is 37.8 Å². The molecule has 2 N–H and O–H groups in total. The summed E-state index contributed by atoms with van der Waals surface area (Å²) in [6.07, 6.45) is 0.852. The van der Waals surface area contributed by atoms with Crippen molar-refractivity contribution in [1.29, 1.82) is 0 Å². The van der Waals surface area contributed by atoms with Crippen molar-refractivity contribution in [2.45, 2.75) is 26.7 Å². The number of nitrogens with one attached hydrogen (secondary N) is 1. The van der Waals surface area contributed by atoms with Gasteiger partial charge in [0.1, 0.15) is 0 Å². The highest BCUT2D eigenvalue weighted by Gasteiger charge is 2.40. The number of carboxylic acids is 1. The van der Waals surface area contributed by atoms with Crippen molar-refractivity contribution in [3.05, 3.63) is 34.9 Å². The van der Waals surface area contributed by atoms with E-state index in [1.165, 1.54) is 0 Å². The van der Waals surface area contributed by atoms with E-state index in [4.69, 9.17) is 4.74 Å². The van der Waals surface area contributed by atoms with Gasteiger partial charge in [0.15, 0.2) is 0 Å². The maximum absolute atomic E-state index is 12.4. The smallest absolute Gasteiger partial charge is 0.311 e. The molecule has 0 aromatic heterocycles. The third-order valence-corrected chi connectivity index (χ3v) is 4.20. The van der Waals surface area contributed by atoms with Crippen LogP contribution in [0.15, 0.2) is 18.2 Å². The van der Waals surface area contributed by atoms with Gasteiger partial charge in [-0.3, -0.25) is 9.59 Å². The van der Waals surface area contributed by atoms with Crippen molar-refractivity contribution in [3.8, 4) is 0 Å². The summed E-state index contributed by atoms with van der Waals surface area (Å²) >= 11 is 0. The second-order valence-corrected chi connectivity index (χ2v) is 5.65. The van der Waals surface area contributed by atoms with Crippen molar-refractivity contribution in [1.82, 2.24) is 5.32 Å². The van der Waals surface area contributed by atoms with Crippen LogP contribution in [0.1, 0.15) is 34.3 Å². The summed E-state index contributed by atoms with van der Waals surface area (Å²) in [6, 6.07) is 5.66. The monoisotopic (exact) mass is 291 g/mol. The molecule has 5 heteroatoms. The number of amides is 1. The maximum atomic E-state index is 12.4. The Balaban J connectivity index is 2.11. The second-order valence-electron chi connectivity index (χ2n) is 5.65. The van der Waals surface area contributed by atoms with E-state index in [2.05, 4.69) is 5.32 Å². The first-order valence-electron chi connectivity index (χ1n) is 7.12. The van der Waals surface area contributed by atoms with Crippen molar-refractivity contribution < 1.29 is 19.4 Å².